The largest absolute Gasteiger partial charge is 0.490 e. The minimum Gasteiger partial charge on any atom is -0.490 e. The molecule has 4 nitrogen and oxygen atoms in total. The number of halogens is 3. The Kier molecular flexibility index (Phi) is 7.93. The van der Waals surface area contributed by atoms with Crippen molar-refractivity contribution < 1.29 is 14.3 Å². The Labute approximate surface area is 200 Å². The predicted octanol–water partition coefficient (Wildman–Crippen LogP) is 6.85. The minimum atomic E-state index is -0.110. The lowest BCUT2D eigenvalue weighted by Gasteiger charge is -2.15. The molecule has 3 rings (SSSR count). The molecule has 0 aliphatic carbocycles. The molecule has 0 bridgehead atoms. The number of thioether (sulfide) groups is 1. The smallest absolute Gasteiger partial charge is 0.266 e. The normalized spacial score (nSPS) is 15.2. The number of thiocarbonyl (C=S) groups is 1. The van der Waals surface area contributed by atoms with Gasteiger partial charge in [0.2, 0.25) is 0 Å². The third-order valence-corrected chi connectivity index (χ3v) is 6.58. The summed E-state index contributed by atoms with van der Waals surface area (Å²) in [5.41, 5.74) is 1.57. The summed E-state index contributed by atoms with van der Waals surface area (Å²) >= 11 is 25.0. The molecule has 30 heavy (non-hydrogen) atoms. The van der Waals surface area contributed by atoms with Gasteiger partial charge in [0.05, 0.1) is 26.6 Å². The quantitative estimate of drug-likeness (QED) is 0.306. The fraction of sp³-hybridized carbons (Fsp3) is 0.238. The van der Waals surface area contributed by atoms with Gasteiger partial charge < -0.3 is 9.47 Å². The standard InChI is InChI=1S/C21H18Cl3NO3S2/c1-3-25-20(26)18(30-21(25)29)10-13-8-16(24)19(17(9-13)27-4-2)28-11-12-5-6-14(22)15(23)7-12/h5-10H,3-4,11H2,1-2H3/b18-10-. The van der Waals surface area contributed by atoms with E-state index >= 15 is 0 Å². The maximum Gasteiger partial charge on any atom is 0.266 e. The first-order valence-electron chi connectivity index (χ1n) is 9.12. The van der Waals surface area contributed by atoms with E-state index in [1.165, 1.54) is 11.8 Å². The van der Waals surface area contributed by atoms with Crippen LogP contribution in [0.1, 0.15) is 25.0 Å². The Bertz CT molecular complexity index is 1030. The van der Waals surface area contributed by atoms with E-state index in [4.69, 9.17) is 56.5 Å². The number of nitrogens with zero attached hydrogens (tertiary/aromatic N) is 1. The van der Waals surface area contributed by atoms with E-state index in [1.807, 2.05) is 19.9 Å². The van der Waals surface area contributed by atoms with Crippen LogP contribution in [-0.2, 0) is 11.4 Å². The zero-order valence-corrected chi connectivity index (χ0v) is 20.1. The van der Waals surface area contributed by atoms with E-state index in [-0.39, 0.29) is 12.5 Å². The lowest BCUT2D eigenvalue weighted by atomic mass is 10.1. The van der Waals surface area contributed by atoms with Gasteiger partial charge in [0.1, 0.15) is 10.9 Å². The summed E-state index contributed by atoms with van der Waals surface area (Å²) in [6.45, 7) is 4.97. The monoisotopic (exact) mass is 501 g/mol. The van der Waals surface area contributed by atoms with Gasteiger partial charge in [0.15, 0.2) is 11.5 Å². The molecule has 2 aromatic carbocycles. The highest BCUT2D eigenvalue weighted by molar-refractivity contribution is 8.26. The van der Waals surface area contributed by atoms with Crippen LogP contribution < -0.4 is 9.47 Å². The molecule has 0 radical (unpaired) electrons. The summed E-state index contributed by atoms with van der Waals surface area (Å²) in [5, 5.41) is 1.30. The summed E-state index contributed by atoms with van der Waals surface area (Å²) in [7, 11) is 0. The highest BCUT2D eigenvalue weighted by Crippen LogP contribution is 2.39. The number of ether oxygens (including phenoxy) is 2. The van der Waals surface area contributed by atoms with Crippen molar-refractivity contribution in [2.24, 2.45) is 0 Å². The van der Waals surface area contributed by atoms with Gasteiger partial charge in [-0.2, -0.15) is 0 Å². The first-order valence-corrected chi connectivity index (χ1v) is 11.5. The molecule has 1 aliphatic rings. The van der Waals surface area contributed by atoms with Gasteiger partial charge in [-0.3, -0.25) is 9.69 Å². The molecule has 1 saturated heterocycles. The van der Waals surface area contributed by atoms with Crippen LogP contribution in [0.5, 0.6) is 11.5 Å². The molecule has 158 valence electrons. The van der Waals surface area contributed by atoms with Crippen molar-refractivity contribution in [2.45, 2.75) is 20.5 Å². The number of benzene rings is 2. The first-order chi connectivity index (χ1) is 14.3. The maximum absolute atomic E-state index is 12.5. The topological polar surface area (TPSA) is 38.8 Å². The third-order valence-electron chi connectivity index (χ3n) is 4.19. The number of amides is 1. The molecule has 2 aromatic rings. The number of likely N-dealkylation sites (N-methyl/N-ethyl adjacent to an activating group) is 1. The average Bonchev–Trinajstić information content (AvgIpc) is 2.96. The summed E-state index contributed by atoms with van der Waals surface area (Å²) in [4.78, 5) is 14.6. The van der Waals surface area contributed by atoms with Crippen LogP contribution in [0.4, 0.5) is 0 Å². The Morgan fingerprint density at radius 3 is 2.47 bits per heavy atom. The van der Waals surface area contributed by atoms with Crippen LogP contribution >= 0.6 is 58.8 Å². The van der Waals surface area contributed by atoms with Crippen LogP contribution in [0.15, 0.2) is 35.2 Å². The first kappa shape index (κ1) is 23.2. The van der Waals surface area contributed by atoms with Crippen molar-refractivity contribution in [1.82, 2.24) is 4.90 Å². The van der Waals surface area contributed by atoms with E-state index in [9.17, 15) is 4.79 Å². The average molecular weight is 503 g/mol. The molecule has 1 aliphatic heterocycles. The van der Waals surface area contributed by atoms with Crippen molar-refractivity contribution in [3.8, 4) is 11.5 Å². The molecule has 0 atom stereocenters. The summed E-state index contributed by atoms with van der Waals surface area (Å²) in [5.74, 6) is 0.798. The highest BCUT2D eigenvalue weighted by atomic mass is 35.5. The molecule has 0 unspecified atom stereocenters. The van der Waals surface area contributed by atoms with Gasteiger partial charge in [-0.15, -0.1) is 0 Å². The van der Waals surface area contributed by atoms with E-state index in [2.05, 4.69) is 0 Å². The van der Waals surface area contributed by atoms with Crippen LogP contribution in [0.3, 0.4) is 0 Å². The Balaban J connectivity index is 1.87. The van der Waals surface area contributed by atoms with E-state index in [1.54, 1.807) is 35.2 Å². The number of hydrogen-bond acceptors (Lipinski definition) is 5. The number of carbonyl (C=O) groups excluding carboxylic acids is 1. The van der Waals surface area contributed by atoms with Gasteiger partial charge in [0, 0.05) is 6.54 Å². The Hall–Kier alpha value is -1.44. The van der Waals surface area contributed by atoms with Gasteiger partial charge in [-0.25, -0.2) is 0 Å². The lowest BCUT2D eigenvalue weighted by molar-refractivity contribution is -0.121. The number of rotatable bonds is 7. The van der Waals surface area contributed by atoms with Crippen LogP contribution in [0.25, 0.3) is 6.08 Å². The van der Waals surface area contributed by atoms with Crippen molar-refractivity contribution in [3.05, 3.63) is 61.4 Å². The highest BCUT2D eigenvalue weighted by Gasteiger charge is 2.30. The minimum absolute atomic E-state index is 0.110. The number of hydrogen-bond donors (Lipinski definition) is 0. The maximum atomic E-state index is 12.5. The van der Waals surface area contributed by atoms with Crippen LogP contribution in [0, 0.1) is 0 Å². The molecule has 1 heterocycles. The number of carbonyl (C=O) groups is 1. The molecule has 1 amide bonds. The van der Waals surface area contributed by atoms with Gasteiger partial charge in [-0.1, -0.05) is 64.8 Å². The second-order valence-corrected chi connectivity index (χ2v) is 9.12. The molecule has 1 fully saturated rings. The van der Waals surface area contributed by atoms with Crippen molar-refractivity contribution in [1.29, 1.82) is 0 Å². The van der Waals surface area contributed by atoms with Crippen LogP contribution in [-0.4, -0.2) is 28.3 Å². The fourth-order valence-electron chi connectivity index (χ4n) is 2.78. The Morgan fingerprint density at radius 2 is 1.83 bits per heavy atom. The van der Waals surface area contributed by atoms with Crippen molar-refractivity contribution in [3.63, 3.8) is 0 Å². The predicted molar refractivity (Wildman–Crippen MR) is 129 cm³/mol. The van der Waals surface area contributed by atoms with E-state index in [0.717, 1.165) is 11.1 Å². The molecule has 0 saturated carbocycles. The fourth-order valence-corrected chi connectivity index (χ4v) is 4.76. The third kappa shape index (κ3) is 5.24. The molecule has 0 N–H and O–H groups in total. The van der Waals surface area contributed by atoms with Gasteiger partial charge >= 0.3 is 0 Å². The Morgan fingerprint density at radius 1 is 1.07 bits per heavy atom. The van der Waals surface area contributed by atoms with Gasteiger partial charge in [-0.05, 0) is 55.3 Å². The molecule has 0 aromatic heterocycles. The SMILES string of the molecule is CCOc1cc(/C=C2\SC(=S)N(CC)C2=O)cc(Cl)c1OCc1ccc(Cl)c(Cl)c1. The second-order valence-electron chi connectivity index (χ2n) is 6.23. The molecule has 0 spiro atoms. The zero-order valence-electron chi connectivity index (χ0n) is 16.2. The molecule has 9 heteroatoms. The van der Waals surface area contributed by atoms with E-state index in [0.29, 0.717) is 48.9 Å². The summed E-state index contributed by atoms with van der Waals surface area (Å²) in [6.07, 6.45) is 1.76. The van der Waals surface area contributed by atoms with Crippen LogP contribution in [0.2, 0.25) is 15.1 Å². The lowest BCUT2D eigenvalue weighted by Crippen LogP contribution is -2.27. The summed E-state index contributed by atoms with van der Waals surface area (Å²) in [6, 6.07) is 8.79. The van der Waals surface area contributed by atoms with E-state index < -0.39 is 0 Å². The van der Waals surface area contributed by atoms with Crippen molar-refractivity contribution >= 4 is 75.1 Å². The van der Waals surface area contributed by atoms with Gasteiger partial charge in [0.25, 0.3) is 5.91 Å². The molecular formula is C21H18Cl3NO3S2. The van der Waals surface area contributed by atoms with Crippen molar-refractivity contribution in [2.75, 3.05) is 13.2 Å². The second kappa shape index (κ2) is 10.2. The molecular weight excluding hydrogens is 485 g/mol. The zero-order chi connectivity index (χ0) is 21.8. The summed E-state index contributed by atoms with van der Waals surface area (Å²) < 4.78 is 12.2.